The number of nitriles is 1. The quantitative estimate of drug-likeness (QED) is 0.0182. The number of hydrogen-bond donors (Lipinski definition) is 2. The number of quaternary nitrogens is 1. The van der Waals surface area contributed by atoms with E-state index in [1.54, 1.807) is 13.8 Å². The molecule has 0 spiro atoms. The third-order valence-corrected chi connectivity index (χ3v) is 16.6. The average molecular weight is 929 g/mol. The highest BCUT2D eigenvalue weighted by Gasteiger charge is 2.52. The summed E-state index contributed by atoms with van der Waals surface area (Å²) >= 11 is 7.24. The molecule has 0 bridgehead atoms. The van der Waals surface area contributed by atoms with Crippen molar-refractivity contribution in [2.45, 2.75) is 118 Å². The molecule has 0 fully saturated rings. The van der Waals surface area contributed by atoms with Gasteiger partial charge in [0.05, 0.1) is 60.6 Å². The Bertz CT molecular complexity index is 1980. The van der Waals surface area contributed by atoms with Crippen LogP contribution in [0.2, 0.25) is 0 Å². The number of hydrogen-bond acceptors (Lipinski definition) is 7. The van der Waals surface area contributed by atoms with E-state index < -0.39 is 83.4 Å². The number of rotatable bonds is 26. The molecule has 15 heteroatoms. The van der Waals surface area contributed by atoms with E-state index in [0.29, 0.717) is 41.2 Å². The Morgan fingerprint density at radius 2 is 1.55 bits per heavy atom. The Balaban J connectivity index is 2.74. The molecule has 0 aliphatic rings. The Hall–Kier alpha value is -3.03. The van der Waals surface area contributed by atoms with E-state index in [1.165, 1.54) is 17.8 Å². The molecule has 0 radical (unpaired) electrons. The second-order valence-electron chi connectivity index (χ2n) is 18.8. The zero-order valence-corrected chi connectivity index (χ0v) is 41.0. The number of ether oxygens (including phenoxy) is 1. The third-order valence-electron chi connectivity index (χ3n) is 13.9. The van der Waals surface area contributed by atoms with E-state index in [0.717, 1.165) is 5.56 Å². The zero-order valence-electron chi connectivity index (χ0n) is 38.6. The molecule has 1 amide bonds. The van der Waals surface area contributed by atoms with Crippen LogP contribution in [0, 0.1) is 62.2 Å². The summed E-state index contributed by atoms with van der Waals surface area (Å²) in [5.74, 6) is -9.83. The van der Waals surface area contributed by atoms with Crippen LogP contribution in [0.25, 0.3) is 0 Å². The van der Waals surface area contributed by atoms with Gasteiger partial charge in [-0.2, -0.15) is 22.5 Å². The maximum atomic E-state index is 16.7. The summed E-state index contributed by atoms with van der Waals surface area (Å²) in [6.45, 7) is 21.3. The van der Waals surface area contributed by atoms with Crippen molar-refractivity contribution in [1.82, 2.24) is 5.32 Å². The third kappa shape index (κ3) is 13.7. The molecule has 2 N–H and O–H groups in total. The smallest absolute Gasteiger partial charge is 0.265 e. The lowest BCUT2D eigenvalue weighted by molar-refractivity contribution is -0.890. The molecule has 0 heterocycles. The van der Waals surface area contributed by atoms with Gasteiger partial charge in [0, 0.05) is 30.2 Å². The summed E-state index contributed by atoms with van der Waals surface area (Å²) in [5, 5.41) is 13.0. The Morgan fingerprint density at radius 3 is 2.05 bits per heavy atom. The molecule has 0 aliphatic heterocycles. The SMILES string of the molecule is C=CCCOc1c(F)c(F)c(C(CC(C)(CC)C(C)(C)C#N)C(C)(CC)C(C)CC(C)(C(=O)NCCC[N+](C)(C)CCCS(=O)(=O)O)C(C)SC(=S)c2ccccc2)c(F)c1F. The van der Waals surface area contributed by atoms with Gasteiger partial charge in [0.25, 0.3) is 10.1 Å². The predicted molar refractivity (Wildman–Crippen MR) is 248 cm³/mol. The number of halogens is 4. The highest BCUT2D eigenvalue weighted by molar-refractivity contribution is 8.24. The lowest BCUT2D eigenvalue weighted by Gasteiger charge is -2.50. The molecule has 8 nitrogen and oxygen atoms in total. The molecular weight excluding hydrogens is 859 g/mol. The summed E-state index contributed by atoms with van der Waals surface area (Å²) in [7, 11) is -0.197. The Labute approximate surface area is 379 Å². The van der Waals surface area contributed by atoms with E-state index in [4.69, 9.17) is 21.5 Å². The first-order valence-electron chi connectivity index (χ1n) is 21.4. The van der Waals surface area contributed by atoms with Gasteiger partial charge < -0.3 is 14.5 Å². The molecule has 0 aliphatic carbocycles. The summed E-state index contributed by atoms with van der Waals surface area (Å²) in [4.78, 5) is 14.7. The van der Waals surface area contributed by atoms with E-state index in [-0.39, 0.29) is 50.4 Å². The van der Waals surface area contributed by atoms with Gasteiger partial charge in [-0.15, -0.1) is 18.3 Å². The lowest BCUT2D eigenvalue weighted by atomic mass is 9.53. The Kier molecular flexibility index (Phi) is 20.2. The van der Waals surface area contributed by atoms with Crippen molar-refractivity contribution < 1.29 is 44.5 Å². The number of nitrogens with zero attached hydrogens (tertiary/aromatic N) is 2. The number of carbonyl (C=O) groups is 1. The summed E-state index contributed by atoms with van der Waals surface area (Å²) in [6, 6.07) is 11.8. The van der Waals surface area contributed by atoms with Crippen LogP contribution in [0.15, 0.2) is 43.0 Å². The van der Waals surface area contributed by atoms with Gasteiger partial charge in [-0.05, 0) is 81.1 Å². The van der Waals surface area contributed by atoms with Gasteiger partial charge in [-0.1, -0.05) is 90.2 Å². The van der Waals surface area contributed by atoms with E-state index in [2.05, 4.69) is 18.0 Å². The molecule has 6 unspecified atom stereocenters. The van der Waals surface area contributed by atoms with Crippen LogP contribution in [0.4, 0.5) is 17.6 Å². The fourth-order valence-corrected chi connectivity index (χ4v) is 10.4. The molecule has 2 rings (SSSR count). The molecule has 62 heavy (non-hydrogen) atoms. The van der Waals surface area contributed by atoms with Crippen LogP contribution in [-0.4, -0.2) is 78.9 Å². The first-order chi connectivity index (χ1) is 28.6. The van der Waals surface area contributed by atoms with Crippen molar-refractivity contribution in [3.8, 4) is 11.8 Å². The Morgan fingerprint density at radius 1 is 0.984 bits per heavy atom. The van der Waals surface area contributed by atoms with E-state index in [1.807, 2.05) is 92.9 Å². The minimum atomic E-state index is -4.08. The van der Waals surface area contributed by atoms with Crippen LogP contribution in [0.5, 0.6) is 5.75 Å². The van der Waals surface area contributed by atoms with Gasteiger partial charge in [-0.25, -0.2) is 8.78 Å². The van der Waals surface area contributed by atoms with Crippen LogP contribution in [0.1, 0.15) is 124 Å². The molecular formula is C47H70F4N3O5S3+. The molecule has 0 saturated carbocycles. The molecule has 6 atom stereocenters. The zero-order chi connectivity index (χ0) is 47.5. The number of benzene rings is 2. The van der Waals surface area contributed by atoms with E-state index in [9.17, 15) is 18.5 Å². The number of amides is 1. The van der Waals surface area contributed by atoms with Gasteiger partial charge in [0.1, 0.15) is 0 Å². The van der Waals surface area contributed by atoms with Crippen LogP contribution >= 0.6 is 24.0 Å². The van der Waals surface area contributed by atoms with Crippen molar-refractivity contribution in [2.75, 3.05) is 46.1 Å². The number of carbonyl (C=O) groups excluding carboxylic acids is 1. The van der Waals surface area contributed by atoms with Crippen molar-refractivity contribution in [3.05, 3.63) is 77.4 Å². The normalized spacial score (nSPS) is 16.8. The maximum absolute atomic E-state index is 16.7. The molecule has 348 valence electrons. The summed E-state index contributed by atoms with van der Waals surface area (Å²) in [5.41, 5.74) is -4.11. The van der Waals surface area contributed by atoms with Gasteiger partial charge >= 0.3 is 0 Å². The fourth-order valence-electron chi connectivity index (χ4n) is 8.28. The van der Waals surface area contributed by atoms with Crippen molar-refractivity contribution in [3.63, 3.8) is 0 Å². The minimum Gasteiger partial charge on any atom is -0.487 e. The lowest BCUT2D eigenvalue weighted by Crippen LogP contribution is -2.49. The van der Waals surface area contributed by atoms with Crippen LogP contribution in [-0.2, 0) is 14.9 Å². The second-order valence-corrected chi connectivity index (χ2v) is 22.3. The van der Waals surface area contributed by atoms with Crippen molar-refractivity contribution >= 4 is 44.2 Å². The standard InChI is InChI=1S/C47H69F4N3O5S3/c1-13-16-27-59-41-39(50)37(48)36(38(49)40(41)51)35(30-45(8,14-2)44(6,7)31-52)46(9,15-3)32(4)29-47(10,33(5)61-42(60)34-22-18-17-19-23-34)43(55)53-24-20-25-54(11,12)26-21-28-62(56,57)58/h13,17-19,22-23,32-33,35H,1,14-16,20-21,24-30H2,2-12H3,(H-,53,55,56,57,58)/p+1. The second kappa shape index (κ2) is 22.7. The maximum Gasteiger partial charge on any atom is 0.265 e. The molecule has 0 saturated heterocycles. The van der Waals surface area contributed by atoms with Gasteiger partial charge in [-0.3, -0.25) is 9.35 Å². The fraction of sp³-hybridized carbons (Fsp3) is 0.638. The largest absolute Gasteiger partial charge is 0.487 e. The summed E-state index contributed by atoms with van der Waals surface area (Å²) in [6.07, 6.45) is 3.34. The van der Waals surface area contributed by atoms with Crippen molar-refractivity contribution in [1.29, 1.82) is 5.26 Å². The monoisotopic (exact) mass is 928 g/mol. The first kappa shape index (κ1) is 55.1. The molecule has 2 aromatic rings. The average Bonchev–Trinajstić information content (AvgIpc) is 3.21. The van der Waals surface area contributed by atoms with Crippen LogP contribution in [0.3, 0.4) is 0 Å². The highest BCUT2D eigenvalue weighted by atomic mass is 32.2. The molecule has 0 aromatic heterocycles. The first-order valence-corrected chi connectivity index (χ1v) is 24.3. The number of nitrogens with one attached hydrogen (secondary N) is 1. The number of thiocarbonyl (C=S) groups is 1. The minimum absolute atomic E-state index is 0.00823. The van der Waals surface area contributed by atoms with E-state index >= 15 is 17.6 Å². The molecule has 2 aromatic carbocycles. The predicted octanol–water partition coefficient (Wildman–Crippen LogP) is 11.4. The van der Waals surface area contributed by atoms with Crippen LogP contribution < -0.4 is 10.1 Å². The summed E-state index contributed by atoms with van der Waals surface area (Å²) < 4.78 is 103. The van der Waals surface area contributed by atoms with Gasteiger partial charge in [0.2, 0.25) is 17.5 Å². The highest BCUT2D eigenvalue weighted by Crippen LogP contribution is 2.58. The van der Waals surface area contributed by atoms with Crippen molar-refractivity contribution in [2.24, 2.45) is 27.6 Å². The number of thioether (sulfide) groups is 1. The van der Waals surface area contributed by atoms with Gasteiger partial charge in [0.15, 0.2) is 17.4 Å². The topological polar surface area (TPSA) is 116 Å².